The summed E-state index contributed by atoms with van der Waals surface area (Å²) in [5, 5.41) is 7.00. The molecule has 3 rings (SSSR count). The molecule has 3 aromatic rings. The normalized spacial score (nSPS) is 13.2. The minimum Gasteiger partial charge on any atom is -0.481 e. The fourth-order valence-corrected chi connectivity index (χ4v) is 2.89. The Labute approximate surface area is 172 Å². The second-order valence-corrected chi connectivity index (χ2v) is 7.68. The average Bonchev–Trinajstić information content (AvgIpc) is 3.18. The first kappa shape index (κ1) is 20.1. The molecule has 0 saturated heterocycles. The van der Waals surface area contributed by atoms with E-state index in [0.29, 0.717) is 17.5 Å². The van der Waals surface area contributed by atoms with Crippen molar-refractivity contribution in [1.82, 2.24) is 15.5 Å². The highest BCUT2D eigenvalue weighted by Crippen LogP contribution is 2.24. The molecule has 2 unspecified atom stereocenters. The predicted octanol–water partition coefficient (Wildman–Crippen LogP) is 4.78. The highest BCUT2D eigenvalue weighted by atomic mass is 79.9. The first-order valence-electron chi connectivity index (χ1n) is 9.05. The van der Waals surface area contributed by atoms with Gasteiger partial charge in [-0.1, -0.05) is 65.3 Å². The molecule has 6 nitrogen and oxygen atoms in total. The highest BCUT2D eigenvalue weighted by molar-refractivity contribution is 9.10. The Morgan fingerprint density at radius 1 is 1.07 bits per heavy atom. The quantitative estimate of drug-likeness (QED) is 0.568. The molecule has 1 heterocycles. The topological polar surface area (TPSA) is 77.2 Å². The van der Waals surface area contributed by atoms with E-state index in [0.717, 1.165) is 10.0 Å². The number of hydrogen-bond acceptors (Lipinski definition) is 5. The van der Waals surface area contributed by atoms with Crippen LogP contribution >= 0.6 is 15.9 Å². The number of carbonyl (C=O) groups excluding carboxylic acids is 1. The average molecular weight is 444 g/mol. The van der Waals surface area contributed by atoms with E-state index in [1.165, 1.54) is 0 Å². The van der Waals surface area contributed by atoms with Gasteiger partial charge in [-0.15, -0.1) is 0 Å². The lowest BCUT2D eigenvalue weighted by Gasteiger charge is -2.21. The first-order valence-corrected chi connectivity index (χ1v) is 9.85. The van der Waals surface area contributed by atoms with Gasteiger partial charge in [0.15, 0.2) is 6.10 Å². The van der Waals surface area contributed by atoms with Crippen molar-refractivity contribution in [3.8, 4) is 17.1 Å². The summed E-state index contributed by atoms with van der Waals surface area (Å²) in [7, 11) is 0. The van der Waals surface area contributed by atoms with E-state index in [-0.39, 0.29) is 11.8 Å². The zero-order valence-corrected chi connectivity index (χ0v) is 17.5. The summed E-state index contributed by atoms with van der Waals surface area (Å²) in [4.78, 5) is 17.1. The molecular formula is C21H22BrN3O3. The molecule has 2 atom stereocenters. The summed E-state index contributed by atoms with van der Waals surface area (Å²) >= 11 is 3.38. The molecule has 2 aromatic carbocycles. The molecule has 0 spiro atoms. The van der Waals surface area contributed by atoms with Crippen molar-refractivity contribution in [3.63, 3.8) is 0 Å². The number of nitrogens with one attached hydrogen (secondary N) is 1. The van der Waals surface area contributed by atoms with Gasteiger partial charge in [-0.3, -0.25) is 4.79 Å². The Bertz CT molecular complexity index is 910. The van der Waals surface area contributed by atoms with Crippen LogP contribution in [-0.4, -0.2) is 22.2 Å². The lowest BCUT2D eigenvalue weighted by Crippen LogP contribution is -2.40. The van der Waals surface area contributed by atoms with E-state index in [1.807, 2.05) is 56.3 Å². The van der Waals surface area contributed by atoms with Crippen LogP contribution in [0.15, 0.2) is 63.6 Å². The maximum atomic E-state index is 12.6. The number of carbonyl (C=O) groups is 1. The molecule has 0 aliphatic rings. The van der Waals surface area contributed by atoms with Crippen LogP contribution in [0.3, 0.4) is 0 Å². The summed E-state index contributed by atoms with van der Waals surface area (Å²) in [6.07, 6.45) is -0.668. The second-order valence-electron chi connectivity index (χ2n) is 6.77. The molecule has 0 saturated carbocycles. The lowest BCUT2D eigenvalue weighted by atomic mass is 10.0. The molecule has 1 aromatic heterocycles. The summed E-state index contributed by atoms with van der Waals surface area (Å²) in [5.74, 6) is 1.30. The van der Waals surface area contributed by atoms with Gasteiger partial charge in [0, 0.05) is 10.0 Å². The van der Waals surface area contributed by atoms with Crippen molar-refractivity contribution in [1.29, 1.82) is 0 Å². The fraction of sp³-hybridized carbons (Fsp3) is 0.286. The van der Waals surface area contributed by atoms with Gasteiger partial charge < -0.3 is 14.6 Å². The lowest BCUT2D eigenvalue weighted by molar-refractivity contribution is -0.128. The minimum atomic E-state index is -0.668. The van der Waals surface area contributed by atoms with Crippen LogP contribution in [0.2, 0.25) is 0 Å². The zero-order valence-electron chi connectivity index (χ0n) is 15.9. The largest absolute Gasteiger partial charge is 0.481 e. The molecule has 7 heteroatoms. The van der Waals surface area contributed by atoms with Crippen molar-refractivity contribution >= 4 is 21.8 Å². The number of amides is 1. The van der Waals surface area contributed by atoms with Gasteiger partial charge in [0.05, 0.1) is 0 Å². The van der Waals surface area contributed by atoms with E-state index in [4.69, 9.17) is 9.26 Å². The molecule has 1 N–H and O–H groups in total. The Morgan fingerprint density at radius 3 is 2.39 bits per heavy atom. The summed E-state index contributed by atoms with van der Waals surface area (Å²) < 4.78 is 12.1. The van der Waals surface area contributed by atoms with Crippen LogP contribution in [0.5, 0.6) is 5.75 Å². The van der Waals surface area contributed by atoms with Gasteiger partial charge in [0.2, 0.25) is 11.7 Å². The Hall–Kier alpha value is -2.67. The molecule has 0 radical (unpaired) electrons. The third-order valence-electron chi connectivity index (χ3n) is 4.20. The number of aromatic nitrogens is 2. The van der Waals surface area contributed by atoms with Crippen molar-refractivity contribution in [3.05, 3.63) is 65.0 Å². The van der Waals surface area contributed by atoms with Gasteiger partial charge in [-0.25, -0.2) is 0 Å². The number of halogens is 1. The third-order valence-corrected chi connectivity index (χ3v) is 4.73. The van der Waals surface area contributed by atoms with Crippen molar-refractivity contribution in [2.75, 3.05) is 0 Å². The summed E-state index contributed by atoms with van der Waals surface area (Å²) in [6.45, 7) is 5.67. The summed E-state index contributed by atoms with van der Waals surface area (Å²) in [5.41, 5.74) is 0.860. The standard InChI is InChI=1S/C21H22BrN3O3/c1-13(2)18(21-24-19(25-28-21)15-7-5-4-6-8-15)23-20(26)14(3)27-17-11-9-16(22)10-12-17/h4-14,18H,1-3H3,(H,23,26). The SMILES string of the molecule is CC(Oc1ccc(Br)cc1)C(=O)NC(c1nc(-c2ccccc2)no1)C(C)C. The fourth-order valence-electron chi connectivity index (χ4n) is 2.62. The molecule has 28 heavy (non-hydrogen) atoms. The molecule has 0 aliphatic heterocycles. The van der Waals surface area contributed by atoms with Gasteiger partial charge in [-0.05, 0) is 37.1 Å². The second kappa shape index (κ2) is 9.01. The molecule has 146 valence electrons. The van der Waals surface area contributed by atoms with Crippen LogP contribution in [0, 0.1) is 5.92 Å². The predicted molar refractivity (Wildman–Crippen MR) is 110 cm³/mol. The van der Waals surface area contributed by atoms with Gasteiger partial charge in [0.25, 0.3) is 5.91 Å². The molecule has 0 aliphatic carbocycles. The minimum absolute atomic E-state index is 0.0629. The number of ether oxygens (including phenoxy) is 1. The number of nitrogens with zero attached hydrogens (tertiary/aromatic N) is 2. The van der Waals surface area contributed by atoms with Crippen LogP contribution in [0.25, 0.3) is 11.4 Å². The van der Waals surface area contributed by atoms with Crippen molar-refractivity contribution in [2.24, 2.45) is 5.92 Å². The number of hydrogen-bond donors (Lipinski definition) is 1. The Balaban J connectivity index is 1.69. The van der Waals surface area contributed by atoms with Crippen molar-refractivity contribution in [2.45, 2.75) is 32.9 Å². The van der Waals surface area contributed by atoms with E-state index >= 15 is 0 Å². The third kappa shape index (κ3) is 4.98. The monoisotopic (exact) mass is 443 g/mol. The highest BCUT2D eigenvalue weighted by Gasteiger charge is 2.27. The molecular weight excluding hydrogens is 422 g/mol. The van der Waals surface area contributed by atoms with Gasteiger partial charge in [-0.2, -0.15) is 4.98 Å². The molecule has 1 amide bonds. The summed E-state index contributed by atoms with van der Waals surface area (Å²) in [6, 6.07) is 16.5. The molecule has 0 fully saturated rings. The maximum absolute atomic E-state index is 12.6. The van der Waals surface area contributed by atoms with Crippen LogP contribution in [0.1, 0.15) is 32.7 Å². The van der Waals surface area contributed by atoms with Gasteiger partial charge >= 0.3 is 0 Å². The van der Waals surface area contributed by atoms with E-state index in [9.17, 15) is 4.79 Å². The van der Waals surface area contributed by atoms with Crippen LogP contribution < -0.4 is 10.1 Å². The number of rotatable bonds is 7. The van der Waals surface area contributed by atoms with Crippen LogP contribution in [-0.2, 0) is 4.79 Å². The maximum Gasteiger partial charge on any atom is 0.261 e. The van der Waals surface area contributed by atoms with E-state index in [2.05, 4.69) is 31.4 Å². The number of benzene rings is 2. The zero-order chi connectivity index (χ0) is 20.1. The van der Waals surface area contributed by atoms with Gasteiger partial charge in [0.1, 0.15) is 11.8 Å². The Kier molecular flexibility index (Phi) is 6.46. The first-order chi connectivity index (χ1) is 13.4. The molecule has 0 bridgehead atoms. The smallest absolute Gasteiger partial charge is 0.261 e. The van der Waals surface area contributed by atoms with Crippen LogP contribution in [0.4, 0.5) is 0 Å². The van der Waals surface area contributed by atoms with Crippen molar-refractivity contribution < 1.29 is 14.1 Å². The van der Waals surface area contributed by atoms with E-state index in [1.54, 1.807) is 19.1 Å². The Morgan fingerprint density at radius 2 is 1.75 bits per heavy atom. The van der Waals surface area contributed by atoms with E-state index < -0.39 is 12.1 Å².